The Morgan fingerprint density at radius 3 is 2.73 bits per heavy atom. The van der Waals surface area contributed by atoms with Gasteiger partial charge in [0.15, 0.2) is 0 Å². The quantitative estimate of drug-likeness (QED) is 0.639. The number of carbonyl (C=O) groups is 2. The van der Waals surface area contributed by atoms with Gasteiger partial charge in [-0.3, -0.25) is 14.5 Å². The van der Waals surface area contributed by atoms with Crippen molar-refractivity contribution in [3.8, 4) is 0 Å². The van der Waals surface area contributed by atoms with Gasteiger partial charge in [0.2, 0.25) is 0 Å². The van der Waals surface area contributed by atoms with E-state index < -0.39 is 5.97 Å². The molecule has 1 amide bonds. The van der Waals surface area contributed by atoms with Crippen LogP contribution in [0.3, 0.4) is 0 Å². The Morgan fingerprint density at radius 1 is 1.32 bits per heavy atom. The van der Waals surface area contributed by atoms with Crippen molar-refractivity contribution in [3.63, 3.8) is 0 Å². The molecule has 1 aliphatic heterocycles. The number of rotatable bonds is 6. The molecule has 0 spiro atoms. The number of aliphatic carboxylic acids is 1. The third-order valence-corrected chi connectivity index (χ3v) is 4.38. The molecule has 0 unspecified atom stereocenters. The van der Waals surface area contributed by atoms with Gasteiger partial charge in [0.25, 0.3) is 5.91 Å². The second kappa shape index (κ2) is 7.91. The van der Waals surface area contributed by atoms with Crippen molar-refractivity contribution in [1.82, 2.24) is 4.90 Å². The summed E-state index contributed by atoms with van der Waals surface area (Å²) in [6, 6.07) is 9.78. The van der Waals surface area contributed by atoms with Gasteiger partial charge in [-0.1, -0.05) is 66.5 Å². The lowest BCUT2D eigenvalue weighted by molar-refractivity contribution is -0.137. The monoisotopic (exact) mass is 333 g/mol. The number of allylic oxidation sites excluding steroid dienone is 2. The fourth-order valence-electron chi connectivity index (χ4n) is 1.91. The molecule has 1 aliphatic rings. The summed E-state index contributed by atoms with van der Waals surface area (Å²) in [5, 5.41) is 8.63. The number of carbonyl (C=O) groups excluding carboxylic acids is 1. The van der Waals surface area contributed by atoms with Gasteiger partial charge < -0.3 is 5.11 Å². The van der Waals surface area contributed by atoms with Crippen molar-refractivity contribution in [2.45, 2.75) is 12.8 Å². The molecule has 2 rings (SSSR count). The van der Waals surface area contributed by atoms with E-state index in [0.717, 1.165) is 5.56 Å². The van der Waals surface area contributed by atoms with E-state index in [0.29, 0.717) is 22.2 Å². The Hall–Kier alpha value is -1.92. The minimum Gasteiger partial charge on any atom is -0.481 e. The van der Waals surface area contributed by atoms with E-state index >= 15 is 0 Å². The van der Waals surface area contributed by atoms with Crippen LogP contribution in [0.2, 0.25) is 0 Å². The van der Waals surface area contributed by atoms with E-state index in [4.69, 9.17) is 17.3 Å². The number of thioether (sulfide) groups is 1. The fourth-order valence-corrected chi connectivity index (χ4v) is 3.17. The molecule has 0 atom stereocenters. The van der Waals surface area contributed by atoms with E-state index in [1.807, 2.05) is 42.5 Å². The highest BCUT2D eigenvalue weighted by Gasteiger charge is 2.31. The Morgan fingerprint density at radius 2 is 2.05 bits per heavy atom. The van der Waals surface area contributed by atoms with Gasteiger partial charge in [-0.05, 0) is 18.1 Å². The number of carboxylic acids is 1. The third-order valence-electron chi connectivity index (χ3n) is 2.98. The van der Waals surface area contributed by atoms with Crippen LogP contribution in [0.25, 0.3) is 6.08 Å². The number of benzene rings is 1. The van der Waals surface area contributed by atoms with Crippen LogP contribution in [0.15, 0.2) is 47.4 Å². The molecule has 0 aliphatic carbocycles. The summed E-state index contributed by atoms with van der Waals surface area (Å²) < 4.78 is 0.481. The van der Waals surface area contributed by atoms with Crippen LogP contribution in [-0.4, -0.2) is 32.7 Å². The highest BCUT2D eigenvalue weighted by atomic mass is 32.2. The molecule has 1 N–H and O–H groups in total. The standard InChI is InChI=1S/C16H15NO3S2/c18-14(19)10-5-11-17-15(20)13(22-16(17)21)9-4-8-12-6-2-1-3-7-12/h1-4,6-9H,5,10-11H2,(H,18,19)/b8-4-,13-9-. The smallest absolute Gasteiger partial charge is 0.303 e. The zero-order chi connectivity index (χ0) is 15.9. The topological polar surface area (TPSA) is 57.6 Å². The van der Waals surface area contributed by atoms with Crippen LogP contribution in [0.5, 0.6) is 0 Å². The number of hydrogen-bond acceptors (Lipinski definition) is 4. The minimum absolute atomic E-state index is 0.0318. The summed E-state index contributed by atoms with van der Waals surface area (Å²) in [5.41, 5.74) is 1.05. The second-order valence-corrected chi connectivity index (χ2v) is 6.30. The van der Waals surface area contributed by atoms with Crippen LogP contribution in [0, 0.1) is 0 Å². The lowest BCUT2D eigenvalue weighted by atomic mass is 10.2. The molecule has 4 nitrogen and oxygen atoms in total. The molecule has 1 fully saturated rings. The van der Waals surface area contributed by atoms with Crippen molar-refractivity contribution < 1.29 is 14.7 Å². The highest BCUT2D eigenvalue weighted by molar-refractivity contribution is 8.26. The summed E-state index contributed by atoms with van der Waals surface area (Å²) in [5.74, 6) is -1.02. The van der Waals surface area contributed by atoms with E-state index in [2.05, 4.69) is 0 Å². The molecule has 1 saturated heterocycles. The second-order valence-electron chi connectivity index (χ2n) is 4.62. The predicted molar refractivity (Wildman–Crippen MR) is 92.3 cm³/mol. The van der Waals surface area contributed by atoms with Crippen molar-refractivity contribution in [3.05, 3.63) is 53.0 Å². The molecular weight excluding hydrogens is 318 g/mol. The zero-order valence-corrected chi connectivity index (χ0v) is 13.4. The Labute approximate surface area is 138 Å². The first-order valence-electron chi connectivity index (χ1n) is 6.77. The third kappa shape index (κ3) is 4.54. The van der Waals surface area contributed by atoms with Crippen LogP contribution in [0.4, 0.5) is 0 Å². The Balaban J connectivity index is 1.97. The van der Waals surface area contributed by atoms with Crippen LogP contribution in [0.1, 0.15) is 18.4 Å². The lowest BCUT2D eigenvalue weighted by Gasteiger charge is -2.12. The average molecular weight is 333 g/mol. The SMILES string of the molecule is O=C(O)CCCN1C(=O)/C(=C/C=C\c2ccccc2)SC1=S. The van der Waals surface area contributed by atoms with Crippen molar-refractivity contribution in [2.24, 2.45) is 0 Å². The van der Waals surface area contributed by atoms with Gasteiger partial charge in [-0.2, -0.15) is 0 Å². The average Bonchev–Trinajstić information content (AvgIpc) is 2.76. The maximum absolute atomic E-state index is 12.2. The first-order valence-corrected chi connectivity index (χ1v) is 7.99. The normalized spacial score (nSPS) is 16.9. The highest BCUT2D eigenvalue weighted by Crippen LogP contribution is 2.31. The molecule has 6 heteroatoms. The number of nitrogens with zero attached hydrogens (tertiary/aromatic N) is 1. The largest absolute Gasteiger partial charge is 0.481 e. The zero-order valence-electron chi connectivity index (χ0n) is 11.8. The first kappa shape index (κ1) is 16.5. The molecule has 0 aromatic heterocycles. The maximum Gasteiger partial charge on any atom is 0.303 e. The van der Waals surface area contributed by atoms with Gasteiger partial charge >= 0.3 is 5.97 Å². The van der Waals surface area contributed by atoms with E-state index in [-0.39, 0.29) is 12.3 Å². The summed E-state index contributed by atoms with van der Waals surface area (Å²) in [6.07, 6.45) is 5.90. The van der Waals surface area contributed by atoms with E-state index in [1.54, 1.807) is 6.08 Å². The number of hydrogen-bond donors (Lipinski definition) is 1. The number of thiocarbonyl (C=S) groups is 1. The Bertz CT molecular complexity index is 638. The first-order chi connectivity index (χ1) is 10.6. The Kier molecular flexibility index (Phi) is 5.91. The molecule has 0 bridgehead atoms. The molecule has 22 heavy (non-hydrogen) atoms. The summed E-state index contributed by atoms with van der Waals surface area (Å²) in [4.78, 5) is 24.7. The van der Waals surface area contributed by atoms with Crippen molar-refractivity contribution >= 4 is 46.3 Å². The maximum atomic E-state index is 12.2. The van der Waals surface area contributed by atoms with E-state index in [1.165, 1.54) is 16.7 Å². The van der Waals surface area contributed by atoms with Crippen molar-refractivity contribution in [1.29, 1.82) is 0 Å². The molecule has 114 valence electrons. The van der Waals surface area contributed by atoms with Gasteiger partial charge in [-0.15, -0.1) is 0 Å². The van der Waals surface area contributed by atoms with Gasteiger partial charge in [-0.25, -0.2) is 0 Å². The molecule has 1 aromatic carbocycles. The minimum atomic E-state index is -0.869. The molecule has 0 saturated carbocycles. The van der Waals surface area contributed by atoms with Gasteiger partial charge in [0, 0.05) is 13.0 Å². The molecule has 0 radical (unpaired) electrons. The van der Waals surface area contributed by atoms with E-state index in [9.17, 15) is 9.59 Å². The summed E-state index contributed by atoms with van der Waals surface area (Å²) in [7, 11) is 0. The van der Waals surface area contributed by atoms with Crippen LogP contribution < -0.4 is 0 Å². The summed E-state index contributed by atoms with van der Waals surface area (Å²) in [6.45, 7) is 0.344. The molecule has 1 heterocycles. The van der Waals surface area contributed by atoms with Crippen molar-refractivity contribution in [2.75, 3.05) is 6.54 Å². The van der Waals surface area contributed by atoms with Crippen LogP contribution in [-0.2, 0) is 9.59 Å². The lowest BCUT2D eigenvalue weighted by Crippen LogP contribution is -2.29. The van der Waals surface area contributed by atoms with Gasteiger partial charge in [0.1, 0.15) is 4.32 Å². The predicted octanol–water partition coefficient (Wildman–Crippen LogP) is 3.31. The molecular formula is C16H15NO3S2. The number of carboxylic acid groups (broad SMARTS) is 1. The van der Waals surface area contributed by atoms with Gasteiger partial charge in [0.05, 0.1) is 4.91 Å². The summed E-state index contributed by atoms with van der Waals surface area (Å²) >= 11 is 6.42. The number of amides is 1. The fraction of sp³-hybridized carbons (Fsp3) is 0.188. The van der Waals surface area contributed by atoms with Crippen LogP contribution >= 0.6 is 24.0 Å². The molecule has 1 aromatic rings.